The molecule has 0 aliphatic heterocycles. The summed E-state index contributed by atoms with van der Waals surface area (Å²) >= 11 is 1.50. The second-order valence-corrected chi connectivity index (χ2v) is 6.71. The Kier molecular flexibility index (Phi) is 7.43. The summed E-state index contributed by atoms with van der Waals surface area (Å²) in [5, 5.41) is 13.1. The van der Waals surface area contributed by atoms with E-state index in [1.165, 1.54) is 17.4 Å². The van der Waals surface area contributed by atoms with Crippen LogP contribution in [0.25, 0.3) is 10.1 Å². The van der Waals surface area contributed by atoms with Crippen LogP contribution in [0.2, 0.25) is 0 Å². The summed E-state index contributed by atoms with van der Waals surface area (Å²) in [6.07, 6.45) is 1.31. The third-order valence-corrected chi connectivity index (χ3v) is 4.72. The van der Waals surface area contributed by atoms with Gasteiger partial charge in [-0.2, -0.15) is 0 Å². The molecule has 1 atom stereocenters. The first kappa shape index (κ1) is 18.3. The first-order chi connectivity index (χ1) is 11.2. The maximum Gasteiger partial charge on any atom is 0.130 e. The lowest BCUT2D eigenvalue weighted by Gasteiger charge is -2.21. The highest BCUT2D eigenvalue weighted by Gasteiger charge is 2.15. The van der Waals surface area contributed by atoms with Gasteiger partial charge in [0.05, 0.1) is 13.2 Å². The lowest BCUT2D eigenvalue weighted by atomic mass is 10.1. The molecule has 1 aromatic carbocycles. The molecule has 0 fully saturated rings. The van der Waals surface area contributed by atoms with Crippen LogP contribution in [0.3, 0.4) is 0 Å². The molecule has 0 spiro atoms. The largest absolute Gasteiger partial charge is 0.386 e. The van der Waals surface area contributed by atoms with Crippen LogP contribution in [0, 0.1) is 5.82 Å². The standard InChI is InChI=1S/C18H26FNO2S/c1-3-6-20(7-4-2)8-9-22-13-17(21)15-11-14-5-10-23-18(14)12-16(15)19/h5,10-12,17,21H,3-4,6-9,13H2,1-2H3. The SMILES string of the molecule is CCCN(CCC)CCOCC(O)c1cc2ccsc2cc1F. The van der Waals surface area contributed by atoms with Crippen LogP contribution in [0.15, 0.2) is 23.6 Å². The number of fused-ring (bicyclic) bond motifs is 1. The number of hydrogen-bond donors (Lipinski definition) is 1. The van der Waals surface area contributed by atoms with Gasteiger partial charge < -0.3 is 14.7 Å². The molecular weight excluding hydrogens is 313 g/mol. The second-order valence-electron chi connectivity index (χ2n) is 5.76. The van der Waals surface area contributed by atoms with Crippen molar-refractivity contribution in [2.45, 2.75) is 32.8 Å². The molecule has 1 heterocycles. The van der Waals surface area contributed by atoms with E-state index >= 15 is 0 Å². The van der Waals surface area contributed by atoms with Gasteiger partial charge in [-0.1, -0.05) is 13.8 Å². The van der Waals surface area contributed by atoms with Crippen LogP contribution in [0.1, 0.15) is 38.4 Å². The van der Waals surface area contributed by atoms with Crippen molar-refractivity contribution >= 4 is 21.4 Å². The highest BCUT2D eigenvalue weighted by atomic mass is 32.1. The molecule has 5 heteroatoms. The third-order valence-electron chi connectivity index (χ3n) is 3.84. The van der Waals surface area contributed by atoms with Crippen molar-refractivity contribution in [1.29, 1.82) is 0 Å². The fourth-order valence-corrected chi connectivity index (χ4v) is 3.50. The Hall–Kier alpha value is -1.01. The van der Waals surface area contributed by atoms with Crippen molar-refractivity contribution in [3.8, 4) is 0 Å². The van der Waals surface area contributed by atoms with Crippen LogP contribution in [-0.2, 0) is 4.74 Å². The molecule has 0 radical (unpaired) electrons. The Morgan fingerprint density at radius 3 is 2.65 bits per heavy atom. The number of aliphatic hydroxyl groups excluding tert-OH is 1. The van der Waals surface area contributed by atoms with E-state index in [1.54, 1.807) is 6.07 Å². The molecule has 0 bridgehead atoms. The van der Waals surface area contributed by atoms with Gasteiger partial charge in [0.2, 0.25) is 0 Å². The van der Waals surface area contributed by atoms with Crippen LogP contribution in [0.4, 0.5) is 4.39 Å². The van der Waals surface area contributed by atoms with Gasteiger partial charge in [0.25, 0.3) is 0 Å². The Morgan fingerprint density at radius 1 is 1.22 bits per heavy atom. The fourth-order valence-electron chi connectivity index (χ4n) is 2.70. The zero-order chi connectivity index (χ0) is 16.7. The lowest BCUT2D eigenvalue weighted by Crippen LogP contribution is -2.29. The molecule has 1 unspecified atom stereocenters. The molecule has 23 heavy (non-hydrogen) atoms. The van der Waals surface area contributed by atoms with Crippen molar-refractivity contribution in [1.82, 2.24) is 4.90 Å². The summed E-state index contributed by atoms with van der Waals surface area (Å²) < 4.78 is 20.5. The monoisotopic (exact) mass is 339 g/mol. The zero-order valence-corrected chi connectivity index (χ0v) is 14.7. The molecule has 3 nitrogen and oxygen atoms in total. The molecule has 0 aliphatic carbocycles. The van der Waals surface area contributed by atoms with Gasteiger partial charge in [-0.15, -0.1) is 11.3 Å². The Labute approximate surface area is 141 Å². The molecule has 0 amide bonds. The van der Waals surface area contributed by atoms with Gasteiger partial charge in [-0.3, -0.25) is 0 Å². The lowest BCUT2D eigenvalue weighted by molar-refractivity contribution is 0.0249. The minimum absolute atomic E-state index is 0.124. The number of aliphatic hydroxyl groups is 1. The van der Waals surface area contributed by atoms with Gasteiger partial charge in [0.15, 0.2) is 0 Å². The van der Waals surface area contributed by atoms with E-state index in [4.69, 9.17) is 4.74 Å². The van der Waals surface area contributed by atoms with Crippen LogP contribution in [0.5, 0.6) is 0 Å². The first-order valence-electron chi connectivity index (χ1n) is 8.30. The Balaban J connectivity index is 1.83. The fraction of sp³-hybridized carbons (Fsp3) is 0.556. The maximum absolute atomic E-state index is 14.1. The second kappa shape index (κ2) is 9.33. The highest BCUT2D eigenvalue weighted by Crippen LogP contribution is 2.27. The highest BCUT2D eigenvalue weighted by molar-refractivity contribution is 7.17. The molecule has 2 aromatic rings. The molecule has 128 valence electrons. The summed E-state index contributed by atoms with van der Waals surface area (Å²) in [6, 6.07) is 5.14. The van der Waals surface area contributed by atoms with E-state index in [9.17, 15) is 9.50 Å². The van der Waals surface area contributed by atoms with Crippen molar-refractivity contribution in [3.05, 3.63) is 35.0 Å². The average molecular weight is 339 g/mol. The summed E-state index contributed by atoms with van der Waals surface area (Å²) in [7, 11) is 0. The molecule has 1 aromatic heterocycles. The summed E-state index contributed by atoms with van der Waals surface area (Å²) in [6.45, 7) is 7.97. The smallest absolute Gasteiger partial charge is 0.130 e. The van der Waals surface area contributed by atoms with Crippen molar-refractivity contribution in [3.63, 3.8) is 0 Å². The summed E-state index contributed by atoms with van der Waals surface area (Å²) in [5.74, 6) is -0.366. The van der Waals surface area contributed by atoms with E-state index < -0.39 is 6.10 Å². The van der Waals surface area contributed by atoms with Gasteiger partial charge >= 0.3 is 0 Å². The van der Waals surface area contributed by atoms with Gasteiger partial charge in [0, 0.05) is 16.8 Å². The number of hydrogen-bond acceptors (Lipinski definition) is 4. The Morgan fingerprint density at radius 2 is 1.96 bits per heavy atom. The summed E-state index contributed by atoms with van der Waals surface area (Å²) in [4.78, 5) is 2.35. The van der Waals surface area contributed by atoms with Crippen molar-refractivity contribution in [2.75, 3.05) is 32.8 Å². The molecular formula is C18H26FNO2S. The minimum Gasteiger partial charge on any atom is -0.386 e. The minimum atomic E-state index is -0.926. The van der Waals surface area contributed by atoms with E-state index in [1.807, 2.05) is 11.4 Å². The zero-order valence-electron chi connectivity index (χ0n) is 13.9. The molecule has 0 saturated carbocycles. The van der Waals surface area contributed by atoms with Crippen LogP contribution < -0.4 is 0 Å². The van der Waals surface area contributed by atoms with Gasteiger partial charge in [0.1, 0.15) is 11.9 Å². The van der Waals surface area contributed by atoms with E-state index in [2.05, 4.69) is 18.7 Å². The van der Waals surface area contributed by atoms with E-state index in [-0.39, 0.29) is 12.4 Å². The van der Waals surface area contributed by atoms with Crippen molar-refractivity contribution < 1.29 is 14.2 Å². The summed E-state index contributed by atoms with van der Waals surface area (Å²) in [5.41, 5.74) is 0.315. The topological polar surface area (TPSA) is 32.7 Å². The van der Waals surface area contributed by atoms with Crippen molar-refractivity contribution in [2.24, 2.45) is 0 Å². The molecule has 2 rings (SSSR count). The number of halogens is 1. The Bertz CT molecular complexity index is 596. The van der Waals surface area contributed by atoms with E-state index in [0.29, 0.717) is 12.2 Å². The maximum atomic E-state index is 14.1. The van der Waals surface area contributed by atoms with Gasteiger partial charge in [-0.25, -0.2) is 4.39 Å². The average Bonchev–Trinajstić information content (AvgIpc) is 2.98. The first-order valence-corrected chi connectivity index (χ1v) is 9.18. The molecule has 1 N–H and O–H groups in total. The van der Waals surface area contributed by atoms with E-state index in [0.717, 1.165) is 42.6 Å². The molecule has 0 aliphatic rings. The van der Waals surface area contributed by atoms with Crippen LogP contribution in [-0.4, -0.2) is 42.9 Å². The number of ether oxygens (including phenoxy) is 1. The predicted molar refractivity (Wildman–Crippen MR) is 94.6 cm³/mol. The third kappa shape index (κ3) is 5.24. The quantitative estimate of drug-likeness (QED) is 0.658. The molecule has 0 saturated heterocycles. The number of thiophene rings is 1. The van der Waals surface area contributed by atoms with Gasteiger partial charge in [-0.05, 0) is 54.9 Å². The normalized spacial score (nSPS) is 13.1. The predicted octanol–water partition coefficient (Wildman–Crippen LogP) is 4.21. The number of nitrogens with zero attached hydrogens (tertiary/aromatic N) is 1. The van der Waals surface area contributed by atoms with Crippen LogP contribution >= 0.6 is 11.3 Å². The number of rotatable bonds is 10. The number of benzene rings is 1.